The van der Waals surface area contributed by atoms with E-state index in [0.717, 1.165) is 13.1 Å². The van der Waals surface area contributed by atoms with Gasteiger partial charge in [-0.3, -0.25) is 0 Å². The molecule has 90 valence electrons. The van der Waals surface area contributed by atoms with Crippen LogP contribution in [0.15, 0.2) is 12.5 Å². The summed E-state index contributed by atoms with van der Waals surface area (Å²) >= 11 is 1.92. The highest BCUT2D eigenvalue weighted by Gasteiger charge is 2.22. The van der Waals surface area contributed by atoms with Crippen molar-refractivity contribution >= 4 is 11.8 Å². The number of imidazole rings is 1. The molecule has 0 bridgehead atoms. The van der Waals surface area contributed by atoms with E-state index in [1.807, 2.05) is 18.1 Å². The van der Waals surface area contributed by atoms with Crippen LogP contribution < -0.4 is 5.32 Å². The molecule has 2 rings (SSSR count). The van der Waals surface area contributed by atoms with Crippen molar-refractivity contribution in [2.75, 3.05) is 25.1 Å². The molecule has 0 saturated carbocycles. The van der Waals surface area contributed by atoms with Crippen LogP contribution in [0.1, 0.15) is 37.4 Å². The van der Waals surface area contributed by atoms with Gasteiger partial charge in [0.25, 0.3) is 0 Å². The summed E-state index contributed by atoms with van der Waals surface area (Å²) in [6.45, 7) is 4.52. The van der Waals surface area contributed by atoms with E-state index in [2.05, 4.69) is 34.2 Å². The first kappa shape index (κ1) is 12.0. The first-order valence-electron chi connectivity index (χ1n) is 6.08. The van der Waals surface area contributed by atoms with Gasteiger partial charge < -0.3 is 9.88 Å². The number of nitrogens with zero attached hydrogens (tertiary/aromatic N) is 2. The number of thioether (sulfide) groups is 1. The third-order valence-electron chi connectivity index (χ3n) is 3.40. The van der Waals surface area contributed by atoms with E-state index in [1.54, 1.807) is 0 Å². The third-order valence-corrected chi connectivity index (χ3v) is 4.12. The van der Waals surface area contributed by atoms with Crippen molar-refractivity contribution in [3.05, 3.63) is 18.2 Å². The topological polar surface area (TPSA) is 29.9 Å². The molecule has 1 aliphatic heterocycles. The smallest absolute Gasteiger partial charge is 0.0951 e. The molecule has 1 N–H and O–H groups in total. The van der Waals surface area contributed by atoms with Gasteiger partial charge >= 0.3 is 0 Å². The zero-order valence-corrected chi connectivity index (χ0v) is 11.0. The number of hydrogen-bond acceptors (Lipinski definition) is 3. The van der Waals surface area contributed by atoms with Gasteiger partial charge in [0.2, 0.25) is 0 Å². The lowest BCUT2D eigenvalue weighted by atomic mass is 10.0. The maximum absolute atomic E-state index is 4.34. The van der Waals surface area contributed by atoms with Crippen molar-refractivity contribution in [3.8, 4) is 0 Å². The Bertz CT molecular complexity index is 318. The molecule has 1 fully saturated rings. The molecule has 16 heavy (non-hydrogen) atoms. The van der Waals surface area contributed by atoms with Crippen molar-refractivity contribution in [1.29, 1.82) is 0 Å². The van der Waals surface area contributed by atoms with E-state index in [9.17, 15) is 0 Å². The van der Waals surface area contributed by atoms with Gasteiger partial charge in [-0.05, 0) is 25.6 Å². The predicted octanol–water partition coefficient (Wildman–Crippen LogP) is 2.27. The minimum atomic E-state index is 0.605. The Morgan fingerprint density at radius 1 is 1.69 bits per heavy atom. The molecule has 1 aliphatic rings. The van der Waals surface area contributed by atoms with Crippen LogP contribution in [-0.2, 0) is 0 Å². The van der Waals surface area contributed by atoms with E-state index < -0.39 is 0 Å². The van der Waals surface area contributed by atoms with E-state index in [4.69, 9.17) is 0 Å². The molecule has 0 aromatic carbocycles. The van der Waals surface area contributed by atoms with Gasteiger partial charge in [-0.2, -0.15) is 11.8 Å². The predicted molar refractivity (Wildman–Crippen MR) is 70.2 cm³/mol. The summed E-state index contributed by atoms with van der Waals surface area (Å²) < 4.78 is 2.40. The summed E-state index contributed by atoms with van der Waals surface area (Å²) in [6, 6.07) is 0.605. The molecule has 1 saturated heterocycles. The molecule has 1 aromatic heterocycles. The van der Waals surface area contributed by atoms with E-state index in [0.29, 0.717) is 12.0 Å². The van der Waals surface area contributed by atoms with Crippen LogP contribution in [0.25, 0.3) is 0 Å². The molecule has 2 heterocycles. The minimum Gasteiger partial charge on any atom is -0.330 e. The second-order valence-corrected chi connectivity index (χ2v) is 5.34. The Kier molecular flexibility index (Phi) is 4.29. The van der Waals surface area contributed by atoms with Gasteiger partial charge in [0.1, 0.15) is 0 Å². The molecular formula is C12H21N3S. The fourth-order valence-electron chi connectivity index (χ4n) is 2.43. The Hall–Kier alpha value is -0.480. The Morgan fingerprint density at radius 3 is 3.19 bits per heavy atom. The molecule has 0 radical (unpaired) electrons. The molecule has 2 unspecified atom stereocenters. The van der Waals surface area contributed by atoms with Gasteiger partial charge in [0.05, 0.1) is 6.33 Å². The highest BCUT2D eigenvalue weighted by Crippen LogP contribution is 2.26. The quantitative estimate of drug-likeness (QED) is 0.855. The number of rotatable bonds is 5. The van der Waals surface area contributed by atoms with Gasteiger partial charge in [0, 0.05) is 36.1 Å². The number of nitrogens with one attached hydrogen (secondary N) is 1. The summed E-state index contributed by atoms with van der Waals surface area (Å²) in [5.41, 5.74) is 1.42. The number of hydrogen-bond donors (Lipinski definition) is 1. The largest absolute Gasteiger partial charge is 0.330 e. The Labute approximate surface area is 102 Å². The van der Waals surface area contributed by atoms with Crippen LogP contribution in [0.5, 0.6) is 0 Å². The molecule has 0 aliphatic carbocycles. The van der Waals surface area contributed by atoms with Crippen molar-refractivity contribution in [3.63, 3.8) is 0 Å². The van der Waals surface area contributed by atoms with Crippen LogP contribution >= 0.6 is 11.8 Å². The molecule has 0 amide bonds. The van der Waals surface area contributed by atoms with Crippen LogP contribution in [0, 0.1) is 0 Å². The highest BCUT2D eigenvalue weighted by molar-refractivity contribution is 7.98. The van der Waals surface area contributed by atoms with Crippen LogP contribution in [0.2, 0.25) is 0 Å². The molecular weight excluding hydrogens is 218 g/mol. The van der Waals surface area contributed by atoms with Crippen molar-refractivity contribution in [2.24, 2.45) is 0 Å². The lowest BCUT2D eigenvalue weighted by molar-refractivity contribution is 0.503. The Balaban J connectivity index is 2.16. The maximum atomic E-state index is 4.34. The van der Waals surface area contributed by atoms with Crippen molar-refractivity contribution < 1.29 is 0 Å². The summed E-state index contributed by atoms with van der Waals surface area (Å²) in [7, 11) is 0. The highest BCUT2D eigenvalue weighted by atomic mass is 32.2. The summed E-state index contributed by atoms with van der Waals surface area (Å²) in [6.07, 6.45) is 8.68. The molecule has 0 spiro atoms. The zero-order chi connectivity index (χ0) is 11.4. The summed E-state index contributed by atoms with van der Waals surface area (Å²) in [4.78, 5) is 4.34. The SMILES string of the molecule is CCC(CSC)n1cncc1C1CCNC1. The van der Waals surface area contributed by atoms with Crippen LogP contribution in [-0.4, -0.2) is 34.6 Å². The first-order chi connectivity index (χ1) is 7.86. The Morgan fingerprint density at radius 2 is 2.56 bits per heavy atom. The maximum Gasteiger partial charge on any atom is 0.0951 e. The van der Waals surface area contributed by atoms with Crippen LogP contribution in [0.4, 0.5) is 0 Å². The molecule has 1 aromatic rings. The van der Waals surface area contributed by atoms with Gasteiger partial charge in [-0.15, -0.1) is 0 Å². The normalized spacial score (nSPS) is 22.5. The fraction of sp³-hybridized carbons (Fsp3) is 0.750. The summed E-state index contributed by atoms with van der Waals surface area (Å²) in [5, 5.41) is 3.43. The zero-order valence-electron chi connectivity index (χ0n) is 10.1. The average Bonchev–Trinajstić information content (AvgIpc) is 2.94. The molecule has 4 heteroatoms. The van der Waals surface area contributed by atoms with Crippen molar-refractivity contribution in [2.45, 2.75) is 31.7 Å². The lowest BCUT2D eigenvalue weighted by Gasteiger charge is -2.21. The first-order valence-corrected chi connectivity index (χ1v) is 7.47. The lowest BCUT2D eigenvalue weighted by Crippen LogP contribution is -2.16. The van der Waals surface area contributed by atoms with E-state index >= 15 is 0 Å². The van der Waals surface area contributed by atoms with Gasteiger partial charge in [-0.25, -0.2) is 4.98 Å². The standard InChI is InChI=1S/C12H21N3S/c1-3-11(8-16-2)15-9-14-7-12(15)10-4-5-13-6-10/h7,9-11,13H,3-6,8H2,1-2H3. The fourth-order valence-corrected chi connectivity index (χ4v) is 3.21. The molecule has 2 atom stereocenters. The average molecular weight is 239 g/mol. The monoisotopic (exact) mass is 239 g/mol. The van der Waals surface area contributed by atoms with Crippen LogP contribution in [0.3, 0.4) is 0 Å². The second-order valence-electron chi connectivity index (χ2n) is 4.43. The third kappa shape index (κ3) is 2.43. The molecule has 3 nitrogen and oxygen atoms in total. The minimum absolute atomic E-state index is 0.605. The van der Waals surface area contributed by atoms with E-state index in [1.165, 1.54) is 24.3 Å². The number of aromatic nitrogens is 2. The van der Waals surface area contributed by atoms with Gasteiger partial charge in [-0.1, -0.05) is 6.92 Å². The van der Waals surface area contributed by atoms with Gasteiger partial charge in [0.15, 0.2) is 0 Å². The van der Waals surface area contributed by atoms with Crippen molar-refractivity contribution in [1.82, 2.24) is 14.9 Å². The summed E-state index contributed by atoms with van der Waals surface area (Å²) in [5.74, 6) is 1.85. The van der Waals surface area contributed by atoms with E-state index in [-0.39, 0.29) is 0 Å². The second kappa shape index (κ2) is 5.73.